The van der Waals surface area contributed by atoms with E-state index in [1.807, 2.05) is 30.3 Å². The monoisotopic (exact) mass is 410 g/mol. The van der Waals surface area contributed by atoms with Gasteiger partial charge in [-0.1, -0.05) is 29.8 Å². The molecule has 1 aliphatic carbocycles. The Balaban J connectivity index is 1.51. The lowest BCUT2D eigenvalue weighted by atomic mass is 9.86. The molecule has 0 heterocycles. The van der Waals surface area contributed by atoms with E-state index in [9.17, 15) is 18.0 Å². The number of halogens is 4. The van der Waals surface area contributed by atoms with Crippen molar-refractivity contribution in [1.82, 2.24) is 5.32 Å². The minimum atomic E-state index is -4.51. The van der Waals surface area contributed by atoms with E-state index in [2.05, 4.69) is 10.6 Å². The van der Waals surface area contributed by atoms with Gasteiger partial charge in [0.25, 0.3) is 5.91 Å². The summed E-state index contributed by atoms with van der Waals surface area (Å²) in [7, 11) is 0. The Morgan fingerprint density at radius 1 is 1.04 bits per heavy atom. The number of rotatable bonds is 5. The van der Waals surface area contributed by atoms with E-state index < -0.39 is 17.6 Å². The average molecular weight is 411 g/mol. The van der Waals surface area contributed by atoms with Crippen LogP contribution in [0.3, 0.4) is 0 Å². The second kappa shape index (κ2) is 8.86. The number of carbonyl (C=O) groups is 1. The minimum Gasteiger partial charge on any atom is -0.385 e. The summed E-state index contributed by atoms with van der Waals surface area (Å²) in [5.41, 5.74) is 0.0687. The summed E-state index contributed by atoms with van der Waals surface area (Å²) in [6, 6.07) is 12.7. The largest absolute Gasteiger partial charge is 0.416 e. The number of carbonyl (C=O) groups excluding carboxylic acids is 1. The normalized spacial score (nSPS) is 19.9. The molecule has 1 amide bonds. The summed E-state index contributed by atoms with van der Waals surface area (Å²) >= 11 is 5.95. The van der Waals surface area contributed by atoms with Crippen LogP contribution in [-0.4, -0.2) is 18.5 Å². The first-order valence-corrected chi connectivity index (χ1v) is 9.67. The molecule has 0 saturated heterocycles. The van der Waals surface area contributed by atoms with Gasteiger partial charge in [0.1, 0.15) is 0 Å². The molecule has 0 spiro atoms. The van der Waals surface area contributed by atoms with Crippen LogP contribution in [0.4, 0.5) is 18.9 Å². The number of hydrogen-bond acceptors (Lipinski definition) is 2. The molecule has 0 aliphatic heterocycles. The van der Waals surface area contributed by atoms with Gasteiger partial charge in [-0.3, -0.25) is 4.79 Å². The van der Waals surface area contributed by atoms with Crippen LogP contribution in [0.15, 0.2) is 48.5 Å². The van der Waals surface area contributed by atoms with Crippen LogP contribution < -0.4 is 10.6 Å². The summed E-state index contributed by atoms with van der Waals surface area (Å²) < 4.78 is 38.6. The molecular weight excluding hydrogens is 389 g/mol. The molecule has 150 valence electrons. The maximum Gasteiger partial charge on any atom is 0.416 e. The van der Waals surface area contributed by atoms with Crippen molar-refractivity contribution in [3.8, 4) is 0 Å². The molecule has 1 aliphatic rings. The molecule has 2 aromatic rings. The van der Waals surface area contributed by atoms with E-state index in [0.29, 0.717) is 5.92 Å². The van der Waals surface area contributed by atoms with Crippen molar-refractivity contribution >= 4 is 23.2 Å². The van der Waals surface area contributed by atoms with Crippen LogP contribution in [0, 0.1) is 5.92 Å². The second-order valence-corrected chi connectivity index (χ2v) is 7.54. The summed E-state index contributed by atoms with van der Waals surface area (Å²) in [5, 5.41) is 6.27. The highest BCUT2D eigenvalue weighted by atomic mass is 35.5. The first kappa shape index (κ1) is 20.5. The van der Waals surface area contributed by atoms with Gasteiger partial charge >= 0.3 is 6.18 Å². The van der Waals surface area contributed by atoms with Gasteiger partial charge in [-0.05, 0) is 61.9 Å². The van der Waals surface area contributed by atoms with Crippen LogP contribution in [0.2, 0.25) is 5.02 Å². The number of para-hydroxylation sites is 1. The lowest BCUT2D eigenvalue weighted by Crippen LogP contribution is -2.38. The number of alkyl halides is 3. The molecule has 28 heavy (non-hydrogen) atoms. The summed E-state index contributed by atoms with van der Waals surface area (Å²) in [6.45, 7) is 0.865. The molecule has 0 atom stereocenters. The van der Waals surface area contributed by atoms with E-state index in [4.69, 9.17) is 11.6 Å². The predicted octanol–water partition coefficient (Wildman–Crippen LogP) is 5.76. The fraction of sp³-hybridized carbons (Fsp3) is 0.381. The van der Waals surface area contributed by atoms with E-state index in [1.165, 1.54) is 0 Å². The second-order valence-electron chi connectivity index (χ2n) is 7.13. The number of amides is 1. The predicted molar refractivity (Wildman–Crippen MR) is 105 cm³/mol. The van der Waals surface area contributed by atoms with Gasteiger partial charge in [-0.2, -0.15) is 13.2 Å². The maximum atomic E-state index is 12.9. The number of hydrogen-bond donors (Lipinski definition) is 2. The van der Waals surface area contributed by atoms with Gasteiger partial charge in [0.05, 0.1) is 16.1 Å². The third-order valence-electron chi connectivity index (χ3n) is 5.09. The minimum absolute atomic E-state index is 0.0197. The Bertz CT molecular complexity index is 803. The Hall–Kier alpha value is -2.21. The number of nitrogens with one attached hydrogen (secondary N) is 2. The molecule has 2 N–H and O–H groups in total. The SMILES string of the molecule is O=C(NC1CCC(CNc2ccccc2)CC1)c1cc(C(F)(F)F)ccc1Cl. The third-order valence-corrected chi connectivity index (χ3v) is 5.42. The van der Waals surface area contributed by atoms with E-state index in [0.717, 1.165) is 56.1 Å². The van der Waals surface area contributed by atoms with Crippen molar-refractivity contribution in [1.29, 1.82) is 0 Å². The zero-order valence-electron chi connectivity index (χ0n) is 15.2. The molecule has 0 bridgehead atoms. The maximum absolute atomic E-state index is 12.9. The van der Waals surface area contributed by atoms with Gasteiger partial charge in [0, 0.05) is 18.3 Å². The first-order valence-electron chi connectivity index (χ1n) is 9.29. The topological polar surface area (TPSA) is 41.1 Å². The highest BCUT2D eigenvalue weighted by molar-refractivity contribution is 6.33. The van der Waals surface area contributed by atoms with E-state index in [1.54, 1.807) is 0 Å². The van der Waals surface area contributed by atoms with Gasteiger partial charge in [0.15, 0.2) is 0 Å². The molecule has 3 nitrogen and oxygen atoms in total. The van der Waals surface area contributed by atoms with Crippen molar-refractivity contribution < 1.29 is 18.0 Å². The lowest BCUT2D eigenvalue weighted by molar-refractivity contribution is -0.137. The van der Waals surface area contributed by atoms with Crippen LogP contribution in [0.25, 0.3) is 0 Å². The standard InChI is InChI=1S/C21H22ClF3N2O/c22-19-11-8-15(21(23,24)25)12-18(19)20(28)27-17-9-6-14(7-10-17)13-26-16-4-2-1-3-5-16/h1-5,8,11-12,14,17,26H,6-7,9-10,13H2,(H,27,28). The molecular formula is C21H22ClF3N2O. The van der Waals surface area contributed by atoms with Crippen molar-refractivity contribution in [2.24, 2.45) is 5.92 Å². The quantitative estimate of drug-likeness (QED) is 0.658. The Kier molecular flexibility index (Phi) is 6.50. The van der Waals surface area contributed by atoms with E-state index in [-0.39, 0.29) is 16.6 Å². The van der Waals surface area contributed by atoms with Crippen molar-refractivity contribution in [2.75, 3.05) is 11.9 Å². The molecule has 1 saturated carbocycles. The fourth-order valence-electron chi connectivity index (χ4n) is 3.47. The van der Waals surface area contributed by atoms with Crippen molar-refractivity contribution in [2.45, 2.75) is 37.9 Å². The van der Waals surface area contributed by atoms with Crippen LogP contribution in [0.5, 0.6) is 0 Å². The summed E-state index contributed by atoms with van der Waals surface area (Å²) in [6.07, 6.45) is -1.03. The third kappa shape index (κ3) is 5.41. The van der Waals surface area contributed by atoms with Crippen LogP contribution in [-0.2, 0) is 6.18 Å². The molecule has 0 unspecified atom stereocenters. The summed E-state index contributed by atoms with van der Waals surface area (Å²) in [5.74, 6) is -0.0486. The Morgan fingerprint density at radius 2 is 1.71 bits per heavy atom. The zero-order chi connectivity index (χ0) is 20.1. The smallest absolute Gasteiger partial charge is 0.385 e. The van der Waals surface area contributed by atoms with Crippen LogP contribution in [0.1, 0.15) is 41.6 Å². The highest BCUT2D eigenvalue weighted by Crippen LogP contribution is 2.32. The Labute approximate surface area is 167 Å². The molecule has 0 radical (unpaired) electrons. The number of anilines is 1. The van der Waals surface area contributed by atoms with Crippen molar-refractivity contribution in [3.63, 3.8) is 0 Å². The number of benzene rings is 2. The average Bonchev–Trinajstić information content (AvgIpc) is 2.67. The van der Waals surface area contributed by atoms with Gasteiger partial charge in [-0.15, -0.1) is 0 Å². The van der Waals surface area contributed by atoms with Crippen molar-refractivity contribution in [3.05, 3.63) is 64.7 Å². The van der Waals surface area contributed by atoms with Crippen LogP contribution >= 0.6 is 11.6 Å². The van der Waals surface area contributed by atoms with Gasteiger partial charge < -0.3 is 10.6 Å². The molecule has 0 aromatic heterocycles. The lowest BCUT2D eigenvalue weighted by Gasteiger charge is -2.29. The summed E-state index contributed by atoms with van der Waals surface area (Å²) in [4.78, 5) is 12.4. The molecule has 7 heteroatoms. The molecule has 1 fully saturated rings. The first-order chi connectivity index (χ1) is 13.3. The van der Waals surface area contributed by atoms with Gasteiger partial charge in [0.2, 0.25) is 0 Å². The fourth-order valence-corrected chi connectivity index (χ4v) is 3.67. The van der Waals surface area contributed by atoms with Gasteiger partial charge in [-0.25, -0.2) is 0 Å². The zero-order valence-corrected chi connectivity index (χ0v) is 16.0. The van der Waals surface area contributed by atoms with E-state index >= 15 is 0 Å². The highest BCUT2D eigenvalue weighted by Gasteiger charge is 2.32. The molecule has 2 aromatic carbocycles. The Morgan fingerprint density at radius 3 is 2.36 bits per heavy atom. The molecule has 3 rings (SSSR count).